The highest BCUT2D eigenvalue weighted by Gasteiger charge is 2.42. The van der Waals surface area contributed by atoms with Crippen LogP contribution in [0, 0.1) is 5.92 Å². The molecule has 2 heterocycles. The lowest BCUT2D eigenvalue weighted by atomic mass is 9.92. The van der Waals surface area contributed by atoms with Crippen LogP contribution in [0.25, 0.3) is 0 Å². The summed E-state index contributed by atoms with van der Waals surface area (Å²) in [6.07, 6.45) is 2.34. The molecule has 98 valence electrons. The number of carbonyl (C=O) groups excluding carboxylic acids is 1. The Morgan fingerprint density at radius 2 is 2.12 bits per heavy atom. The van der Waals surface area contributed by atoms with Crippen LogP contribution in [-0.2, 0) is 4.79 Å². The van der Waals surface area contributed by atoms with E-state index in [1.54, 1.807) is 0 Å². The number of nitrogens with one attached hydrogen (secondary N) is 1. The van der Waals surface area contributed by atoms with Gasteiger partial charge in [-0.15, -0.1) is 0 Å². The van der Waals surface area contributed by atoms with E-state index in [4.69, 9.17) is 0 Å². The number of likely N-dealkylation sites (tertiary alicyclic amines) is 1. The predicted octanol–water partition coefficient (Wildman–Crippen LogP) is 0.883. The van der Waals surface area contributed by atoms with Gasteiger partial charge in [-0.05, 0) is 39.3 Å². The van der Waals surface area contributed by atoms with Gasteiger partial charge >= 0.3 is 0 Å². The number of nitrogens with zero attached hydrogens (tertiary/aromatic N) is 2. The maximum atomic E-state index is 12.3. The zero-order valence-electron chi connectivity index (χ0n) is 11.4. The number of hydrogen-bond donors (Lipinski definition) is 1. The van der Waals surface area contributed by atoms with Crippen LogP contribution in [0.3, 0.4) is 0 Å². The number of piperidine rings is 1. The van der Waals surface area contributed by atoms with E-state index >= 15 is 0 Å². The zero-order valence-corrected chi connectivity index (χ0v) is 11.4. The van der Waals surface area contributed by atoms with Gasteiger partial charge in [0.05, 0.1) is 12.2 Å². The molecule has 2 fully saturated rings. The number of carbonyl (C=O) groups is 1. The molecule has 0 aromatic rings. The highest BCUT2D eigenvalue weighted by molar-refractivity contribution is 5.84. The summed E-state index contributed by atoms with van der Waals surface area (Å²) in [6, 6.07) is 0.410. The smallest absolute Gasteiger partial charge is 0.240 e. The minimum Gasteiger partial charge on any atom is -0.322 e. The maximum Gasteiger partial charge on any atom is 0.240 e. The Morgan fingerprint density at radius 3 is 2.71 bits per heavy atom. The molecule has 4 nitrogen and oxygen atoms in total. The normalized spacial score (nSPS) is 40.0. The molecule has 2 aliphatic rings. The first-order valence-electron chi connectivity index (χ1n) is 6.81. The van der Waals surface area contributed by atoms with Crippen molar-refractivity contribution in [2.75, 3.05) is 20.1 Å². The second-order valence-corrected chi connectivity index (χ2v) is 5.65. The van der Waals surface area contributed by atoms with Gasteiger partial charge in [0.15, 0.2) is 0 Å². The Morgan fingerprint density at radius 1 is 1.41 bits per heavy atom. The standard InChI is InChI=1S/C13H25N3O/c1-5-12-14-10(3)13(17)16(12)11-6-7-15(4)8-9(11)2/h9-12,14H,5-8H2,1-4H3. The van der Waals surface area contributed by atoms with Crippen molar-refractivity contribution in [3.8, 4) is 0 Å². The molecule has 0 spiro atoms. The molecule has 0 bridgehead atoms. The van der Waals surface area contributed by atoms with Crippen LogP contribution in [0.1, 0.15) is 33.6 Å². The highest BCUT2D eigenvalue weighted by Crippen LogP contribution is 2.27. The molecule has 4 unspecified atom stereocenters. The Kier molecular flexibility index (Phi) is 3.73. The number of amides is 1. The Balaban J connectivity index is 2.12. The van der Waals surface area contributed by atoms with Gasteiger partial charge in [0, 0.05) is 12.6 Å². The maximum absolute atomic E-state index is 12.3. The van der Waals surface area contributed by atoms with Crippen LogP contribution < -0.4 is 5.32 Å². The van der Waals surface area contributed by atoms with Gasteiger partial charge in [0.2, 0.25) is 5.91 Å². The van der Waals surface area contributed by atoms with Crippen LogP contribution in [0.15, 0.2) is 0 Å². The molecular weight excluding hydrogens is 214 g/mol. The molecule has 0 radical (unpaired) electrons. The van der Waals surface area contributed by atoms with Crippen molar-refractivity contribution in [3.05, 3.63) is 0 Å². The minimum absolute atomic E-state index is 0.00759. The molecular formula is C13H25N3O. The van der Waals surface area contributed by atoms with E-state index in [1.165, 1.54) is 0 Å². The van der Waals surface area contributed by atoms with Gasteiger partial charge in [-0.25, -0.2) is 0 Å². The number of rotatable bonds is 2. The summed E-state index contributed by atoms with van der Waals surface area (Å²) in [5, 5.41) is 3.40. The molecule has 2 saturated heterocycles. The van der Waals surface area contributed by atoms with Gasteiger partial charge in [-0.3, -0.25) is 10.1 Å². The third-order valence-electron chi connectivity index (χ3n) is 4.21. The summed E-state index contributed by atoms with van der Waals surface area (Å²) >= 11 is 0. The van der Waals surface area contributed by atoms with E-state index in [9.17, 15) is 4.79 Å². The highest BCUT2D eigenvalue weighted by atomic mass is 16.2. The van der Waals surface area contributed by atoms with Crippen molar-refractivity contribution in [3.63, 3.8) is 0 Å². The van der Waals surface area contributed by atoms with E-state index in [2.05, 4.69) is 36.0 Å². The largest absolute Gasteiger partial charge is 0.322 e. The lowest BCUT2D eigenvalue weighted by molar-refractivity contribution is -0.134. The van der Waals surface area contributed by atoms with E-state index in [0.29, 0.717) is 17.9 Å². The molecule has 0 aliphatic carbocycles. The molecule has 0 aromatic carbocycles. The molecule has 4 heteroatoms. The van der Waals surface area contributed by atoms with Crippen molar-refractivity contribution < 1.29 is 4.79 Å². The first-order chi connectivity index (χ1) is 8.04. The molecule has 1 amide bonds. The van der Waals surface area contributed by atoms with Crippen molar-refractivity contribution in [1.29, 1.82) is 0 Å². The summed E-state index contributed by atoms with van der Waals surface area (Å²) < 4.78 is 0. The third kappa shape index (κ3) is 2.33. The fraction of sp³-hybridized carbons (Fsp3) is 0.923. The molecule has 2 rings (SSSR count). The van der Waals surface area contributed by atoms with Crippen LogP contribution in [0.5, 0.6) is 0 Å². The summed E-state index contributed by atoms with van der Waals surface area (Å²) in [5.74, 6) is 0.858. The summed E-state index contributed by atoms with van der Waals surface area (Å²) in [6.45, 7) is 8.59. The van der Waals surface area contributed by atoms with E-state index in [-0.39, 0.29) is 12.2 Å². The Bertz CT molecular complexity index is 294. The fourth-order valence-corrected chi connectivity index (χ4v) is 3.28. The number of hydrogen-bond acceptors (Lipinski definition) is 3. The second kappa shape index (κ2) is 4.94. The molecule has 1 N–H and O–H groups in total. The molecule has 4 atom stereocenters. The molecule has 2 aliphatic heterocycles. The molecule has 0 aromatic heterocycles. The van der Waals surface area contributed by atoms with Gasteiger partial charge in [0.25, 0.3) is 0 Å². The van der Waals surface area contributed by atoms with Gasteiger partial charge in [0.1, 0.15) is 0 Å². The zero-order chi connectivity index (χ0) is 12.6. The van der Waals surface area contributed by atoms with Gasteiger partial charge in [-0.1, -0.05) is 13.8 Å². The van der Waals surface area contributed by atoms with Crippen LogP contribution in [-0.4, -0.2) is 54.1 Å². The van der Waals surface area contributed by atoms with Crippen molar-refractivity contribution in [1.82, 2.24) is 15.1 Å². The van der Waals surface area contributed by atoms with Crippen molar-refractivity contribution in [2.45, 2.75) is 51.9 Å². The van der Waals surface area contributed by atoms with Crippen molar-refractivity contribution >= 4 is 5.91 Å². The van der Waals surface area contributed by atoms with Crippen LogP contribution >= 0.6 is 0 Å². The predicted molar refractivity (Wildman–Crippen MR) is 68.6 cm³/mol. The average molecular weight is 239 g/mol. The topological polar surface area (TPSA) is 35.6 Å². The first kappa shape index (κ1) is 12.8. The van der Waals surface area contributed by atoms with Crippen LogP contribution in [0.4, 0.5) is 0 Å². The van der Waals surface area contributed by atoms with Crippen molar-refractivity contribution in [2.24, 2.45) is 5.92 Å². The van der Waals surface area contributed by atoms with Gasteiger partial charge < -0.3 is 9.80 Å². The second-order valence-electron chi connectivity index (χ2n) is 5.65. The van der Waals surface area contributed by atoms with E-state index in [1.807, 2.05) is 6.92 Å². The van der Waals surface area contributed by atoms with E-state index < -0.39 is 0 Å². The summed E-state index contributed by atoms with van der Waals surface area (Å²) in [7, 11) is 2.16. The lowest BCUT2D eigenvalue weighted by Crippen LogP contribution is -2.53. The summed E-state index contributed by atoms with van der Waals surface area (Å²) in [5.41, 5.74) is 0. The molecule has 17 heavy (non-hydrogen) atoms. The average Bonchev–Trinajstić information content (AvgIpc) is 2.56. The fourth-order valence-electron chi connectivity index (χ4n) is 3.28. The van der Waals surface area contributed by atoms with E-state index in [0.717, 1.165) is 25.9 Å². The molecule has 0 saturated carbocycles. The monoisotopic (exact) mass is 239 g/mol. The Hall–Kier alpha value is -0.610. The Labute approximate surface area is 104 Å². The lowest BCUT2D eigenvalue weighted by Gasteiger charge is -2.42. The minimum atomic E-state index is -0.00759. The first-order valence-corrected chi connectivity index (χ1v) is 6.81. The van der Waals surface area contributed by atoms with Gasteiger partial charge in [-0.2, -0.15) is 0 Å². The summed E-state index contributed by atoms with van der Waals surface area (Å²) in [4.78, 5) is 16.7. The quantitative estimate of drug-likeness (QED) is 0.777. The third-order valence-corrected chi connectivity index (χ3v) is 4.21. The van der Waals surface area contributed by atoms with Crippen LogP contribution in [0.2, 0.25) is 0 Å². The SMILES string of the molecule is CCC1NC(C)C(=O)N1C1CCN(C)CC1C.